The molecule has 6 heteroatoms. The van der Waals surface area contributed by atoms with Crippen molar-refractivity contribution >= 4 is 22.5 Å². The Balaban J connectivity index is 2.12. The molecule has 0 unspecified atom stereocenters. The van der Waals surface area contributed by atoms with Gasteiger partial charge in [-0.05, 0) is 37.6 Å². The van der Waals surface area contributed by atoms with Crippen molar-refractivity contribution in [2.24, 2.45) is 0 Å². The smallest absolute Gasteiger partial charge is 0.314 e. The van der Waals surface area contributed by atoms with Gasteiger partial charge >= 0.3 is 5.69 Å². The van der Waals surface area contributed by atoms with E-state index in [-0.39, 0.29) is 24.1 Å². The minimum Gasteiger partial charge on any atom is -0.314 e. The van der Waals surface area contributed by atoms with Crippen molar-refractivity contribution in [1.29, 1.82) is 0 Å². The normalized spacial score (nSPS) is 12.1. The average Bonchev–Trinajstić information content (AvgIpc) is 2.70. The maximum absolute atomic E-state index is 13.1. The fourth-order valence-electron chi connectivity index (χ4n) is 3.10. The van der Waals surface area contributed by atoms with Crippen LogP contribution in [-0.4, -0.2) is 22.1 Å². The number of nitrogens with zero attached hydrogens (tertiary/aromatic N) is 3. The lowest BCUT2D eigenvalue weighted by Crippen LogP contribution is -2.44. The van der Waals surface area contributed by atoms with Crippen LogP contribution >= 0.6 is 0 Å². The van der Waals surface area contributed by atoms with Gasteiger partial charge in [-0.3, -0.25) is 18.7 Å². The largest absolute Gasteiger partial charge is 0.332 e. The van der Waals surface area contributed by atoms with Gasteiger partial charge in [0.05, 0.1) is 10.9 Å². The number of carbonyl (C=O) groups is 1. The van der Waals surface area contributed by atoms with Crippen LogP contribution in [0.2, 0.25) is 0 Å². The average molecular weight is 365 g/mol. The molecular weight excluding hydrogens is 342 g/mol. The van der Waals surface area contributed by atoms with Gasteiger partial charge in [-0.25, -0.2) is 4.79 Å². The number of carbonyl (C=O) groups excluding carboxylic acids is 1. The third-order valence-electron chi connectivity index (χ3n) is 4.92. The molecule has 3 rings (SSSR count). The summed E-state index contributed by atoms with van der Waals surface area (Å²) in [5.74, 6) is -0.234. The van der Waals surface area contributed by atoms with Gasteiger partial charge in [0.1, 0.15) is 6.54 Å². The third-order valence-corrected chi connectivity index (χ3v) is 4.92. The summed E-state index contributed by atoms with van der Waals surface area (Å²) in [7, 11) is 1.68. The van der Waals surface area contributed by atoms with E-state index in [0.717, 1.165) is 5.69 Å². The van der Waals surface area contributed by atoms with Crippen molar-refractivity contribution in [2.75, 3.05) is 11.9 Å². The quantitative estimate of drug-likeness (QED) is 0.698. The van der Waals surface area contributed by atoms with Crippen molar-refractivity contribution in [3.63, 3.8) is 0 Å². The maximum atomic E-state index is 13.1. The Bertz CT molecular complexity index is 1080. The molecule has 0 aliphatic heterocycles. The Labute approximate surface area is 157 Å². The molecule has 0 spiro atoms. The molecule has 27 heavy (non-hydrogen) atoms. The number of anilines is 1. The monoisotopic (exact) mass is 365 g/mol. The van der Waals surface area contributed by atoms with Crippen molar-refractivity contribution in [2.45, 2.75) is 32.9 Å². The second-order valence-corrected chi connectivity index (χ2v) is 6.61. The van der Waals surface area contributed by atoms with Crippen molar-refractivity contribution < 1.29 is 4.79 Å². The van der Waals surface area contributed by atoms with Gasteiger partial charge in [-0.2, -0.15) is 0 Å². The van der Waals surface area contributed by atoms with Crippen LogP contribution in [0, 0.1) is 0 Å². The molecule has 1 heterocycles. The second-order valence-electron chi connectivity index (χ2n) is 6.61. The predicted molar refractivity (Wildman–Crippen MR) is 107 cm³/mol. The number of benzene rings is 2. The zero-order valence-electron chi connectivity index (χ0n) is 15.8. The van der Waals surface area contributed by atoms with Crippen LogP contribution in [-0.2, 0) is 11.3 Å². The third kappa shape index (κ3) is 3.43. The number of hydrogen-bond acceptors (Lipinski definition) is 3. The highest BCUT2D eigenvalue weighted by atomic mass is 16.2. The van der Waals surface area contributed by atoms with Crippen LogP contribution in [0.3, 0.4) is 0 Å². The molecule has 0 aliphatic carbocycles. The second kappa shape index (κ2) is 7.61. The molecule has 0 radical (unpaired) electrons. The fourth-order valence-corrected chi connectivity index (χ4v) is 3.10. The molecule has 0 saturated carbocycles. The SMILES string of the molecule is CC[C@@H](C)n1c(=O)c2ccccc2n(CC(=O)N(C)c2ccccc2)c1=O. The summed E-state index contributed by atoms with van der Waals surface area (Å²) in [5, 5.41) is 0.438. The molecule has 1 atom stereocenters. The molecule has 140 valence electrons. The highest BCUT2D eigenvalue weighted by Crippen LogP contribution is 2.14. The molecule has 1 aromatic heterocycles. The zero-order valence-corrected chi connectivity index (χ0v) is 15.8. The minimum atomic E-state index is -0.456. The molecule has 0 N–H and O–H groups in total. The standard InChI is InChI=1S/C21H23N3O3/c1-4-15(2)24-20(26)17-12-8-9-13-18(17)23(21(24)27)14-19(25)22(3)16-10-6-5-7-11-16/h5-13,15H,4,14H2,1-3H3/t15-/m1/s1. The van der Waals surface area contributed by atoms with Crippen LogP contribution in [0.1, 0.15) is 26.3 Å². The molecule has 0 saturated heterocycles. The Kier molecular flexibility index (Phi) is 5.26. The molecule has 0 fully saturated rings. The topological polar surface area (TPSA) is 64.3 Å². The highest BCUT2D eigenvalue weighted by Gasteiger charge is 2.19. The van der Waals surface area contributed by atoms with Gasteiger partial charge in [-0.15, -0.1) is 0 Å². The van der Waals surface area contributed by atoms with E-state index in [0.29, 0.717) is 17.3 Å². The summed E-state index contributed by atoms with van der Waals surface area (Å²) in [6, 6.07) is 15.9. The van der Waals surface area contributed by atoms with Gasteiger partial charge in [0.15, 0.2) is 0 Å². The number of aromatic nitrogens is 2. The first-order chi connectivity index (χ1) is 13.0. The van der Waals surface area contributed by atoms with Crippen molar-refractivity contribution in [1.82, 2.24) is 9.13 Å². The molecule has 0 bridgehead atoms. The van der Waals surface area contributed by atoms with E-state index in [1.54, 1.807) is 31.3 Å². The summed E-state index contributed by atoms with van der Waals surface area (Å²) >= 11 is 0. The van der Waals surface area contributed by atoms with Gasteiger partial charge in [0.25, 0.3) is 5.56 Å². The number of para-hydroxylation sites is 2. The van der Waals surface area contributed by atoms with Crippen LogP contribution in [0.4, 0.5) is 5.69 Å². The first-order valence-electron chi connectivity index (χ1n) is 9.01. The Morgan fingerprint density at radius 3 is 2.33 bits per heavy atom. The van der Waals surface area contributed by atoms with E-state index in [1.807, 2.05) is 44.2 Å². The van der Waals surface area contributed by atoms with E-state index >= 15 is 0 Å². The number of hydrogen-bond donors (Lipinski definition) is 0. The van der Waals surface area contributed by atoms with Gasteiger partial charge in [0.2, 0.25) is 5.91 Å². The van der Waals surface area contributed by atoms with E-state index in [9.17, 15) is 14.4 Å². The first-order valence-corrected chi connectivity index (χ1v) is 9.01. The summed E-state index contributed by atoms with van der Waals surface area (Å²) < 4.78 is 2.64. The number of likely N-dealkylation sites (N-methyl/N-ethyl adjacent to an activating group) is 1. The van der Waals surface area contributed by atoms with E-state index < -0.39 is 5.69 Å². The van der Waals surface area contributed by atoms with Crippen LogP contribution < -0.4 is 16.1 Å². The highest BCUT2D eigenvalue weighted by molar-refractivity contribution is 5.93. The van der Waals surface area contributed by atoms with Crippen LogP contribution in [0.15, 0.2) is 64.2 Å². The lowest BCUT2D eigenvalue weighted by atomic mass is 10.2. The molecule has 2 aromatic carbocycles. The molecule has 3 aromatic rings. The molecule has 0 aliphatic rings. The van der Waals surface area contributed by atoms with Crippen molar-refractivity contribution in [3.8, 4) is 0 Å². The van der Waals surface area contributed by atoms with Gasteiger partial charge in [-0.1, -0.05) is 37.3 Å². The lowest BCUT2D eigenvalue weighted by Gasteiger charge is -2.20. The van der Waals surface area contributed by atoms with Crippen LogP contribution in [0.25, 0.3) is 10.9 Å². The Morgan fingerprint density at radius 2 is 1.67 bits per heavy atom. The first kappa shape index (κ1) is 18.6. The summed E-state index contributed by atoms with van der Waals surface area (Å²) in [6.07, 6.45) is 0.644. The number of amides is 1. The summed E-state index contributed by atoms with van der Waals surface area (Å²) in [6.45, 7) is 3.62. The fraction of sp³-hybridized carbons (Fsp3) is 0.286. The molecule has 1 amide bonds. The number of fused-ring (bicyclic) bond motifs is 1. The molecular formula is C21H23N3O3. The number of rotatable bonds is 5. The molecule has 6 nitrogen and oxygen atoms in total. The van der Waals surface area contributed by atoms with Gasteiger partial charge in [0, 0.05) is 18.8 Å². The zero-order chi connectivity index (χ0) is 19.6. The van der Waals surface area contributed by atoms with E-state index in [4.69, 9.17) is 0 Å². The van der Waals surface area contributed by atoms with E-state index in [2.05, 4.69) is 0 Å². The van der Waals surface area contributed by atoms with Gasteiger partial charge < -0.3 is 4.90 Å². The lowest BCUT2D eigenvalue weighted by molar-refractivity contribution is -0.118. The summed E-state index contributed by atoms with van der Waals surface area (Å²) in [5.41, 5.74) is 0.449. The predicted octanol–water partition coefficient (Wildman–Crippen LogP) is 2.80. The summed E-state index contributed by atoms with van der Waals surface area (Å²) in [4.78, 5) is 40.2. The van der Waals surface area contributed by atoms with Crippen LogP contribution in [0.5, 0.6) is 0 Å². The Morgan fingerprint density at radius 1 is 1.04 bits per heavy atom. The minimum absolute atomic E-state index is 0.137. The Hall–Kier alpha value is -3.15. The van der Waals surface area contributed by atoms with E-state index in [1.165, 1.54) is 14.0 Å². The van der Waals surface area contributed by atoms with Crippen molar-refractivity contribution in [3.05, 3.63) is 75.4 Å². The maximum Gasteiger partial charge on any atom is 0.332 e.